The number of hydrogen-bond donors (Lipinski definition) is 1. The van der Waals surface area contributed by atoms with Crippen molar-refractivity contribution < 1.29 is 4.52 Å². The van der Waals surface area contributed by atoms with Crippen LogP contribution in [0, 0.1) is 6.92 Å². The molecule has 2 aromatic rings. The van der Waals surface area contributed by atoms with Gasteiger partial charge in [0.15, 0.2) is 5.96 Å². The van der Waals surface area contributed by atoms with Crippen LogP contribution in [0.3, 0.4) is 0 Å². The van der Waals surface area contributed by atoms with Gasteiger partial charge in [-0.05, 0) is 31.5 Å². The molecule has 7 nitrogen and oxygen atoms in total. The fourth-order valence-corrected chi connectivity index (χ4v) is 3.97. The van der Waals surface area contributed by atoms with Gasteiger partial charge in [0, 0.05) is 64.1 Å². The van der Waals surface area contributed by atoms with E-state index < -0.39 is 0 Å². The van der Waals surface area contributed by atoms with Crippen LogP contribution in [-0.4, -0.2) is 66.7 Å². The van der Waals surface area contributed by atoms with Crippen LogP contribution in [0.25, 0.3) is 0 Å². The van der Waals surface area contributed by atoms with Crippen molar-refractivity contribution in [2.45, 2.75) is 26.9 Å². The van der Waals surface area contributed by atoms with Crippen LogP contribution in [0.15, 0.2) is 52.0 Å². The lowest BCUT2D eigenvalue weighted by atomic mass is 10.2. The molecule has 0 radical (unpaired) electrons. The van der Waals surface area contributed by atoms with Crippen molar-refractivity contribution in [3.63, 3.8) is 0 Å². The minimum absolute atomic E-state index is 0. The minimum Gasteiger partial charge on any atom is -0.364 e. The molecule has 0 spiro atoms. The highest BCUT2D eigenvalue weighted by Gasteiger charge is 2.20. The van der Waals surface area contributed by atoms with Gasteiger partial charge in [-0.1, -0.05) is 29.4 Å². The van der Waals surface area contributed by atoms with E-state index in [1.54, 1.807) is 0 Å². The van der Waals surface area contributed by atoms with Crippen molar-refractivity contribution in [1.82, 2.24) is 20.3 Å². The molecular formula is C23H33IN6O. The number of aromatic nitrogens is 1. The molecule has 31 heavy (non-hydrogen) atoms. The van der Waals surface area contributed by atoms with E-state index in [0.717, 1.165) is 69.8 Å². The first-order valence-electron chi connectivity index (χ1n) is 10.9. The van der Waals surface area contributed by atoms with E-state index in [2.05, 4.69) is 68.5 Å². The number of guanidine groups is 1. The molecule has 1 saturated heterocycles. The summed E-state index contributed by atoms with van der Waals surface area (Å²) in [6.45, 7) is 12.4. The van der Waals surface area contributed by atoms with Crippen LogP contribution in [0.5, 0.6) is 0 Å². The molecule has 1 aromatic carbocycles. The molecule has 0 bridgehead atoms. The number of rotatable bonds is 6. The predicted octanol–water partition coefficient (Wildman–Crippen LogP) is 3.26. The number of nitrogens with one attached hydrogen (secondary N) is 1. The van der Waals surface area contributed by atoms with Crippen molar-refractivity contribution in [1.29, 1.82) is 0 Å². The predicted molar refractivity (Wildman–Crippen MR) is 136 cm³/mol. The quantitative estimate of drug-likeness (QED) is 0.265. The second-order valence-electron chi connectivity index (χ2n) is 7.91. The molecule has 2 aliphatic rings. The summed E-state index contributed by atoms with van der Waals surface area (Å²) in [5, 5.41) is 7.59. The third-order valence-electron chi connectivity index (χ3n) is 5.57. The first kappa shape index (κ1) is 23.6. The Morgan fingerprint density at radius 3 is 2.58 bits per heavy atom. The zero-order valence-corrected chi connectivity index (χ0v) is 20.8. The average molecular weight is 536 g/mol. The first-order valence-corrected chi connectivity index (χ1v) is 10.9. The van der Waals surface area contributed by atoms with Gasteiger partial charge in [-0.2, -0.15) is 0 Å². The maximum absolute atomic E-state index is 5.19. The normalized spacial score (nSPS) is 17.2. The van der Waals surface area contributed by atoms with Crippen molar-refractivity contribution >= 4 is 35.6 Å². The van der Waals surface area contributed by atoms with Crippen LogP contribution in [0.1, 0.15) is 23.9 Å². The SMILES string of the molecule is CCNC(=NCc1cccc(N2CC=CC2)c1)N1CCN(Cc2cc(C)on2)CC1.I. The summed E-state index contributed by atoms with van der Waals surface area (Å²) >= 11 is 0. The van der Waals surface area contributed by atoms with Crippen molar-refractivity contribution in [2.24, 2.45) is 4.99 Å². The molecule has 3 heterocycles. The molecule has 0 unspecified atom stereocenters. The van der Waals surface area contributed by atoms with Gasteiger partial charge in [-0.25, -0.2) is 4.99 Å². The van der Waals surface area contributed by atoms with Gasteiger partial charge in [-0.3, -0.25) is 4.90 Å². The lowest BCUT2D eigenvalue weighted by Crippen LogP contribution is -2.52. The number of aliphatic imine (C=N–C) groups is 1. The van der Waals surface area contributed by atoms with E-state index in [4.69, 9.17) is 9.52 Å². The van der Waals surface area contributed by atoms with Crippen molar-refractivity contribution in [3.8, 4) is 0 Å². The molecule has 0 amide bonds. The van der Waals surface area contributed by atoms with Crippen molar-refractivity contribution in [2.75, 3.05) is 50.7 Å². The maximum atomic E-state index is 5.19. The van der Waals surface area contributed by atoms with Gasteiger partial charge in [0.25, 0.3) is 0 Å². The molecule has 1 aromatic heterocycles. The van der Waals surface area contributed by atoms with Crippen LogP contribution < -0.4 is 10.2 Å². The molecule has 0 saturated carbocycles. The summed E-state index contributed by atoms with van der Waals surface area (Å²) in [5.41, 5.74) is 3.53. The zero-order valence-electron chi connectivity index (χ0n) is 18.5. The van der Waals surface area contributed by atoms with Crippen LogP contribution in [0.4, 0.5) is 5.69 Å². The second kappa shape index (κ2) is 11.5. The molecule has 0 aliphatic carbocycles. The number of benzene rings is 1. The Morgan fingerprint density at radius 2 is 1.90 bits per heavy atom. The number of halogens is 1. The molecule has 168 valence electrons. The van der Waals surface area contributed by atoms with Gasteiger partial charge in [0.05, 0.1) is 12.2 Å². The van der Waals surface area contributed by atoms with E-state index in [0.29, 0.717) is 6.54 Å². The summed E-state index contributed by atoms with van der Waals surface area (Å²) in [6, 6.07) is 10.8. The lowest BCUT2D eigenvalue weighted by Gasteiger charge is -2.36. The standard InChI is InChI=1S/C23H32N6O.HI/c1-3-24-23(25-17-20-7-6-8-22(16-20)28-9-4-5-10-28)29-13-11-27(12-14-29)18-21-15-19(2)30-26-21;/h4-8,15-16H,3,9-14,17-18H2,1-2H3,(H,24,25);1H. The van der Waals surface area contributed by atoms with E-state index >= 15 is 0 Å². The Kier molecular flexibility index (Phi) is 8.77. The first-order chi connectivity index (χ1) is 14.7. The lowest BCUT2D eigenvalue weighted by molar-refractivity contribution is 0.169. The van der Waals surface area contributed by atoms with Crippen LogP contribution in [-0.2, 0) is 13.1 Å². The van der Waals surface area contributed by atoms with Crippen LogP contribution >= 0.6 is 24.0 Å². The Hall–Kier alpha value is -2.07. The van der Waals surface area contributed by atoms with Gasteiger partial charge < -0.3 is 19.6 Å². The second-order valence-corrected chi connectivity index (χ2v) is 7.91. The topological polar surface area (TPSA) is 60.1 Å². The third-order valence-corrected chi connectivity index (χ3v) is 5.57. The summed E-state index contributed by atoms with van der Waals surface area (Å²) < 4.78 is 5.19. The van der Waals surface area contributed by atoms with Gasteiger partial charge in [-0.15, -0.1) is 24.0 Å². The van der Waals surface area contributed by atoms with Crippen LogP contribution in [0.2, 0.25) is 0 Å². The highest BCUT2D eigenvalue weighted by Crippen LogP contribution is 2.19. The molecule has 0 atom stereocenters. The van der Waals surface area contributed by atoms with E-state index in [-0.39, 0.29) is 24.0 Å². The number of anilines is 1. The minimum atomic E-state index is 0. The summed E-state index contributed by atoms with van der Waals surface area (Å²) in [7, 11) is 0. The van der Waals surface area contributed by atoms with E-state index in [1.807, 2.05) is 13.0 Å². The molecular weight excluding hydrogens is 503 g/mol. The molecule has 1 N–H and O–H groups in total. The molecule has 1 fully saturated rings. The molecule has 4 rings (SSSR count). The van der Waals surface area contributed by atoms with Crippen molar-refractivity contribution in [3.05, 3.63) is 59.5 Å². The number of nitrogens with zero attached hydrogens (tertiary/aromatic N) is 5. The highest BCUT2D eigenvalue weighted by molar-refractivity contribution is 14.0. The zero-order chi connectivity index (χ0) is 20.8. The Morgan fingerprint density at radius 1 is 1.13 bits per heavy atom. The monoisotopic (exact) mass is 536 g/mol. The average Bonchev–Trinajstić information content (AvgIpc) is 3.44. The summed E-state index contributed by atoms with van der Waals surface area (Å²) in [4.78, 5) is 12.1. The van der Waals surface area contributed by atoms with Gasteiger partial charge >= 0.3 is 0 Å². The van der Waals surface area contributed by atoms with E-state index in [1.165, 1.54) is 11.3 Å². The largest absolute Gasteiger partial charge is 0.364 e. The van der Waals surface area contributed by atoms with Gasteiger partial charge in [0.2, 0.25) is 0 Å². The third kappa shape index (κ3) is 6.46. The number of hydrogen-bond acceptors (Lipinski definition) is 5. The van der Waals surface area contributed by atoms with E-state index in [9.17, 15) is 0 Å². The number of piperazine rings is 1. The maximum Gasteiger partial charge on any atom is 0.194 e. The van der Waals surface area contributed by atoms with Gasteiger partial charge in [0.1, 0.15) is 5.76 Å². The number of aryl methyl sites for hydroxylation is 1. The Labute approximate surface area is 202 Å². The highest BCUT2D eigenvalue weighted by atomic mass is 127. The molecule has 2 aliphatic heterocycles. The smallest absolute Gasteiger partial charge is 0.194 e. The fraction of sp³-hybridized carbons (Fsp3) is 0.478. The molecule has 8 heteroatoms. The Balaban J connectivity index is 0.00000272. The fourth-order valence-electron chi connectivity index (χ4n) is 3.97. The summed E-state index contributed by atoms with van der Waals surface area (Å²) in [5.74, 6) is 1.87. The Bertz CT molecular complexity index is 880. The summed E-state index contributed by atoms with van der Waals surface area (Å²) in [6.07, 6.45) is 4.44.